The van der Waals surface area contributed by atoms with Gasteiger partial charge in [0.2, 0.25) is 5.91 Å². The highest BCUT2D eigenvalue weighted by Gasteiger charge is 2.49. The summed E-state index contributed by atoms with van der Waals surface area (Å²) in [7, 11) is -3.87. The molecule has 4 rings (SSSR count). The van der Waals surface area contributed by atoms with E-state index < -0.39 is 26.9 Å². The van der Waals surface area contributed by atoms with Gasteiger partial charge in [-0.1, -0.05) is 24.3 Å². The Kier molecular flexibility index (Phi) is 7.24. The van der Waals surface area contributed by atoms with E-state index in [1.807, 2.05) is 30.3 Å². The van der Waals surface area contributed by atoms with E-state index in [0.29, 0.717) is 17.2 Å². The number of hydroxylamine groups is 1. The van der Waals surface area contributed by atoms with E-state index in [1.165, 1.54) is 22.6 Å². The Hall–Kier alpha value is -3.22. The van der Waals surface area contributed by atoms with Crippen LogP contribution in [-0.2, 0) is 19.4 Å². The van der Waals surface area contributed by atoms with E-state index in [1.54, 1.807) is 24.7 Å². The largest absolute Gasteiger partial charge is 0.444 e. The highest BCUT2D eigenvalue weighted by Crippen LogP contribution is 2.45. The standard InChI is InChI=1S/C23H26N4O6S2/c1-2-25-22(29)27-10-9-23(13-21(28)26-30,35(31,32)12-11-27)20-8-7-19(34-20)17-5-3-16(4-6-17)18-14-24-15-33-18/h3-8,14-15,30H,2,9-13H2,1H3,(H,25,29)(H,26,28). The molecule has 1 aliphatic heterocycles. The third-order valence-corrected chi connectivity index (χ3v) is 10.1. The van der Waals surface area contributed by atoms with Gasteiger partial charge >= 0.3 is 6.03 Å². The first kappa shape index (κ1) is 24.9. The molecule has 3 heterocycles. The number of aromatic nitrogens is 1. The number of nitrogens with zero attached hydrogens (tertiary/aromatic N) is 2. The van der Waals surface area contributed by atoms with Crippen LogP contribution in [0, 0.1) is 0 Å². The Morgan fingerprint density at radius 2 is 1.91 bits per heavy atom. The fourth-order valence-electron chi connectivity index (χ4n) is 4.23. The van der Waals surface area contributed by atoms with Crippen molar-refractivity contribution in [1.29, 1.82) is 0 Å². The molecule has 12 heteroatoms. The minimum Gasteiger partial charge on any atom is -0.444 e. The summed E-state index contributed by atoms with van der Waals surface area (Å²) in [6.07, 6.45) is 2.57. The molecule has 1 aliphatic rings. The lowest BCUT2D eigenvalue weighted by atomic mass is 9.97. The predicted molar refractivity (Wildman–Crippen MR) is 131 cm³/mol. The summed E-state index contributed by atoms with van der Waals surface area (Å²) in [6, 6.07) is 10.8. The van der Waals surface area contributed by atoms with E-state index in [0.717, 1.165) is 16.0 Å². The second-order valence-electron chi connectivity index (χ2n) is 8.20. The summed E-state index contributed by atoms with van der Waals surface area (Å²) in [5.74, 6) is -0.452. The molecule has 1 aromatic carbocycles. The SMILES string of the molecule is CCNC(=O)N1CCC(CC(=O)NO)(c2ccc(-c3ccc(-c4cnco4)cc3)s2)S(=O)(=O)CC1. The van der Waals surface area contributed by atoms with Crippen LogP contribution in [0.3, 0.4) is 0 Å². The second kappa shape index (κ2) is 10.2. The molecule has 1 fully saturated rings. The molecule has 35 heavy (non-hydrogen) atoms. The number of carbonyl (C=O) groups excluding carboxylic acids is 2. The van der Waals surface area contributed by atoms with Crippen LogP contribution >= 0.6 is 11.3 Å². The maximum absolute atomic E-state index is 13.6. The Morgan fingerprint density at radius 1 is 1.17 bits per heavy atom. The zero-order valence-corrected chi connectivity index (χ0v) is 20.7. The number of urea groups is 1. The first-order valence-electron chi connectivity index (χ1n) is 11.1. The van der Waals surface area contributed by atoms with Crippen LogP contribution in [0.15, 0.2) is 53.4 Å². The first-order chi connectivity index (χ1) is 16.8. The van der Waals surface area contributed by atoms with Crippen molar-refractivity contribution >= 4 is 33.1 Å². The Bertz CT molecular complexity index is 1290. The topological polar surface area (TPSA) is 142 Å². The molecule has 0 bridgehead atoms. The fraction of sp³-hybridized carbons (Fsp3) is 0.348. The van der Waals surface area contributed by atoms with E-state index in [9.17, 15) is 23.2 Å². The first-order valence-corrected chi connectivity index (χ1v) is 13.5. The van der Waals surface area contributed by atoms with Crippen molar-refractivity contribution < 1.29 is 27.6 Å². The summed E-state index contributed by atoms with van der Waals surface area (Å²) >= 11 is 1.28. The Labute approximate surface area is 206 Å². The van der Waals surface area contributed by atoms with Gasteiger partial charge in [0.1, 0.15) is 4.75 Å². The van der Waals surface area contributed by atoms with Crippen LogP contribution in [0.4, 0.5) is 4.79 Å². The average Bonchev–Trinajstić information content (AvgIpc) is 3.54. The van der Waals surface area contributed by atoms with Crippen molar-refractivity contribution in [2.75, 3.05) is 25.4 Å². The molecule has 0 saturated carbocycles. The molecule has 10 nitrogen and oxygen atoms in total. The van der Waals surface area contributed by atoms with Gasteiger partial charge in [0, 0.05) is 35.0 Å². The number of hydrogen-bond acceptors (Lipinski definition) is 8. The van der Waals surface area contributed by atoms with Crippen molar-refractivity contribution in [2.24, 2.45) is 0 Å². The summed E-state index contributed by atoms with van der Waals surface area (Å²) in [5, 5.41) is 11.9. The van der Waals surface area contributed by atoms with Gasteiger partial charge in [-0.05, 0) is 31.0 Å². The number of amides is 3. The van der Waals surface area contributed by atoms with Crippen molar-refractivity contribution in [3.05, 3.63) is 53.9 Å². The molecular weight excluding hydrogens is 492 g/mol. The van der Waals surface area contributed by atoms with Crippen LogP contribution in [0.1, 0.15) is 24.6 Å². The fourth-order valence-corrected chi connectivity index (χ4v) is 7.84. The molecule has 3 amide bonds. The van der Waals surface area contributed by atoms with Crippen LogP contribution in [0.2, 0.25) is 0 Å². The maximum atomic E-state index is 13.6. The third-order valence-electron chi connectivity index (χ3n) is 6.14. The van der Waals surface area contributed by atoms with Gasteiger partial charge < -0.3 is 14.6 Å². The van der Waals surface area contributed by atoms with E-state index >= 15 is 0 Å². The van der Waals surface area contributed by atoms with Crippen LogP contribution in [0.25, 0.3) is 21.8 Å². The summed E-state index contributed by atoms with van der Waals surface area (Å²) in [5.41, 5.74) is 3.31. The van der Waals surface area contributed by atoms with Gasteiger partial charge in [0.15, 0.2) is 22.0 Å². The zero-order valence-electron chi connectivity index (χ0n) is 19.1. The third kappa shape index (κ3) is 4.95. The number of benzene rings is 1. The second-order valence-corrected chi connectivity index (χ2v) is 11.7. The Balaban J connectivity index is 1.69. The molecule has 3 N–H and O–H groups in total. The highest BCUT2D eigenvalue weighted by molar-refractivity contribution is 7.92. The number of sulfone groups is 1. The van der Waals surface area contributed by atoms with Crippen molar-refractivity contribution in [3.8, 4) is 21.8 Å². The van der Waals surface area contributed by atoms with Gasteiger partial charge in [-0.15, -0.1) is 11.3 Å². The van der Waals surface area contributed by atoms with Gasteiger partial charge in [0.25, 0.3) is 0 Å². The quantitative estimate of drug-likeness (QED) is 0.336. The number of carbonyl (C=O) groups is 2. The van der Waals surface area contributed by atoms with Gasteiger partial charge in [-0.25, -0.2) is 23.7 Å². The zero-order chi connectivity index (χ0) is 25.1. The van der Waals surface area contributed by atoms with Crippen molar-refractivity contribution in [2.45, 2.75) is 24.5 Å². The monoisotopic (exact) mass is 518 g/mol. The van der Waals surface area contributed by atoms with Crippen molar-refractivity contribution in [3.63, 3.8) is 0 Å². The van der Waals surface area contributed by atoms with Gasteiger partial charge in [-0.3, -0.25) is 10.0 Å². The highest BCUT2D eigenvalue weighted by atomic mass is 32.2. The van der Waals surface area contributed by atoms with Crippen molar-refractivity contribution in [1.82, 2.24) is 20.7 Å². The van der Waals surface area contributed by atoms with Crippen LogP contribution in [0.5, 0.6) is 0 Å². The lowest BCUT2D eigenvalue weighted by molar-refractivity contribution is -0.129. The van der Waals surface area contributed by atoms with Crippen LogP contribution < -0.4 is 10.8 Å². The normalized spacial score (nSPS) is 19.7. The van der Waals surface area contributed by atoms with Gasteiger partial charge in [-0.2, -0.15) is 0 Å². The maximum Gasteiger partial charge on any atom is 0.317 e. The lowest BCUT2D eigenvalue weighted by Gasteiger charge is -2.30. The summed E-state index contributed by atoms with van der Waals surface area (Å²) in [4.78, 5) is 31.4. The average molecular weight is 519 g/mol. The minimum atomic E-state index is -3.87. The Morgan fingerprint density at radius 3 is 2.57 bits per heavy atom. The minimum absolute atomic E-state index is 0.0258. The molecule has 1 atom stereocenters. The molecule has 186 valence electrons. The lowest BCUT2D eigenvalue weighted by Crippen LogP contribution is -2.42. The van der Waals surface area contributed by atoms with Crippen LogP contribution in [-0.4, -0.2) is 60.8 Å². The molecule has 3 aromatic rings. The summed E-state index contributed by atoms with van der Waals surface area (Å²) < 4.78 is 30.9. The number of thiophene rings is 1. The smallest absolute Gasteiger partial charge is 0.317 e. The predicted octanol–water partition coefficient (Wildman–Crippen LogP) is 3.01. The number of hydrogen-bond donors (Lipinski definition) is 3. The molecule has 1 saturated heterocycles. The number of oxazole rings is 1. The molecular formula is C23H26N4O6S2. The molecule has 2 aromatic heterocycles. The molecule has 1 unspecified atom stereocenters. The van der Waals surface area contributed by atoms with E-state index in [2.05, 4.69) is 10.3 Å². The van der Waals surface area contributed by atoms with E-state index in [-0.39, 0.29) is 31.3 Å². The van der Waals surface area contributed by atoms with E-state index in [4.69, 9.17) is 4.42 Å². The number of rotatable bonds is 6. The number of nitrogens with one attached hydrogen (secondary N) is 2. The summed E-state index contributed by atoms with van der Waals surface area (Å²) in [6.45, 7) is 2.39. The molecule has 0 radical (unpaired) electrons. The molecule has 0 aliphatic carbocycles. The molecule has 0 spiro atoms. The van der Waals surface area contributed by atoms with Gasteiger partial charge in [0.05, 0.1) is 18.4 Å².